The molecule has 1 saturated carbocycles. The molecule has 2 rings (SSSR count). The van der Waals surface area contributed by atoms with Gasteiger partial charge in [0.1, 0.15) is 6.17 Å². The maximum absolute atomic E-state index is 13.7. The van der Waals surface area contributed by atoms with E-state index in [0.29, 0.717) is 25.8 Å². The number of hydrogen-bond acceptors (Lipinski definition) is 2. The van der Waals surface area contributed by atoms with Crippen LogP contribution in [0.3, 0.4) is 0 Å². The van der Waals surface area contributed by atoms with E-state index in [1.165, 1.54) is 11.1 Å². The Hall–Kier alpha value is -0.710. The monoisotopic (exact) mass is 234 g/mol. The molecule has 2 nitrogen and oxygen atoms in total. The van der Waals surface area contributed by atoms with E-state index in [1.807, 2.05) is 0 Å². The summed E-state index contributed by atoms with van der Waals surface area (Å²) in [6.45, 7) is 3.79. The highest BCUT2D eigenvalue weighted by atomic mass is 19.3. The van der Waals surface area contributed by atoms with Crippen LogP contribution in [-0.2, 0) is 0 Å². The first-order valence-electron chi connectivity index (χ1n) is 5.66. The van der Waals surface area contributed by atoms with Crippen molar-refractivity contribution < 1.29 is 13.2 Å². The van der Waals surface area contributed by atoms with E-state index in [9.17, 15) is 13.2 Å². The zero-order chi connectivity index (χ0) is 11.8. The molecule has 1 N–H and O–H groups in total. The summed E-state index contributed by atoms with van der Waals surface area (Å²) in [6.07, 6.45) is 1.77. The van der Waals surface area contributed by atoms with Gasteiger partial charge in [0.05, 0.1) is 12.6 Å². The zero-order valence-electron chi connectivity index (χ0n) is 9.13. The minimum absolute atomic E-state index is 0.0684. The third-order valence-electron chi connectivity index (χ3n) is 3.40. The van der Waals surface area contributed by atoms with Crippen molar-refractivity contribution in [1.82, 2.24) is 10.2 Å². The zero-order valence-corrected chi connectivity index (χ0v) is 9.13. The molecular weight excluding hydrogens is 217 g/mol. The highest BCUT2D eigenvalue weighted by molar-refractivity contribution is 4.97. The molecule has 2 aliphatic rings. The van der Waals surface area contributed by atoms with Gasteiger partial charge < -0.3 is 10.2 Å². The van der Waals surface area contributed by atoms with Gasteiger partial charge >= 0.3 is 0 Å². The lowest BCUT2D eigenvalue weighted by molar-refractivity contribution is -0.0868. The summed E-state index contributed by atoms with van der Waals surface area (Å²) in [5.41, 5.74) is 0. The molecule has 0 radical (unpaired) electrons. The number of nitrogens with one attached hydrogen (secondary N) is 1. The Morgan fingerprint density at radius 2 is 2.06 bits per heavy atom. The van der Waals surface area contributed by atoms with Crippen LogP contribution in [0.5, 0.6) is 0 Å². The quantitative estimate of drug-likeness (QED) is 0.802. The Balaban J connectivity index is 1.87. The maximum atomic E-state index is 13.7. The van der Waals surface area contributed by atoms with Gasteiger partial charge in [0.2, 0.25) is 0 Å². The molecule has 92 valence electrons. The molecule has 5 heteroatoms. The van der Waals surface area contributed by atoms with E-state index in [0.717, 1.165) is 0 Å². The number of alkyl halides is 3. The minimum Gasteiger partial charge on any atom is -0.372 e. The summed E-state index contributed by atoms with van der Waals surface area (Å²) >= 11 is 0. The van der Waals surface area contributed by atoms with Crippen LogP contribution in [0.2, 0.25) is 0 Å². The smallest absolute Gasteiger partial charge is 0.280 e. The van der Waals surface area contributed by atoms with Crippen LogP contribution in [0.25, 0.3) is 0 Å². The van der Waals surface area contributed by atoms with Crippen LogP contribution < -0.4 is 5.32 Å². The van der Waals surface area contributed by atoms with Crippen LogP contribution in [0.1, 0.15) is 19.3 Å². The average molecular weight is 234 g/mol. The van der Waals surface area contributed by atoms with Crippen molar-refractivity contribution in [3.63, 3.8) is 0 Å². The Morgan fingerprint density at radius 3 is 2.56 bits per heavy atom. The Kier molecular flexibility index (Phi) is 3.15. The molecule has 1 saturated heterocycles. The molecular formula is C11H17F3N2. The van der Waals surface area contributed by atoms with E-state index in [-0.39, 0.29) is 12.6 Å². The maximum Gasteiger partial charge on any atom is 0.280 e. The molecule has 1 aliphatic carbocycles. The second kappa shape index (κ2) is 4.28. The number of hydrogen-bond donors (Lipinski definition) is 1. The van der Waals surface area contributed by atoms with Crippen molar-refractivity contribution in [1.29, 1.82) is 0 Å². The summed E-state index contributed by atoms with van der Waals surface area (Å²) in [5, 5.41) is 2.87. The molecule has 16 heavy (non-hydrogen) atoms. The highest BCUT2D eigenvalue weighted by Crippen LogP contribution is 2.31. The van der Waals surface area contributed by atoms with E-state index in [1.54, 1.807) is 0 Å². The molecule has 1 aliphatic heterocycles. The summed E-state index contributed by atoms with van der Waals surface area (Å²) in [5.74, 6) is -2.76. The molecule has 0 aromatic carbocycles. The lowest BCUT2D eigenvalue weighted by atomic mass is 9.88. The van der Waals surface area contributed by atoms with Crippen LogP contribution in [0.15, 0.2) is 12.8 Å². The third kappa shape index (κ3) is 2.34. The van der Waals surface area contributed by atoms with Gasteiger partial charge in [-0.05, 0) is 25.5 Å². The van der Waals surface area contributed by atoms with E-state index >= 15 is 0 Å². The lowest BCUT2D eigenvalue weighted by Crippen LogP contribution is -2.60. The molecule has 0 spiro atoms. The molecule has 0 bridgehead atoms. The van der Waals surface area contributed by atoms with Crippen LogP contribution in [-0.4, -0.2) is 42.2 Å². The van der Waals surface area contributed by atoms with E-state index in [4.69, 9.17) is 0 Å². The van der Waals surface area contributed by atoms with Gasteiger partial charge in [-0.25, -0.2) is 13.2 Å². The van der Waals surface area contributed by atoms with E-state index in [2.05, 4.69) is 11.9 Å². The first-order valence-corrected chi connectivity index (χ1v) is 5.66. The molecule has 0 amide bonds. The van der Waals surface area contributed by atoms with Gasteiger partial charge in [-0.1, -0.05) is 6.58 Å². The van der Waals surface area contributed by atoms with Gasteiger partial charge in [-0.15, -0.1) is 0 Å². The van der Waals surface area contributed by atoms with Gasteiger partial charge in [0, 0.05) is 12.6 Å². The van der Waals surface area contributed by atoms with Gasteiger partial charge in [0.15, 0.2) is 0 Å². The first kappa shape index (κ1) is 11.8. The topological polar surface area (TPSA) is 15.3 Å². The molecule has 0 aromatic rings. The number of piperidine rings is 1. The average Bonchev–Trinajstić information content (AvgIpc) is 2.17. The van der Waals surface area contributed by atoms with E-state index < -0.39 is 18.1 Å². The van der Waals surface area contributed by atoms with Crippen molar-refractivity contribution >= 4 is 0 Å². The van der Waals surface area contributed by atoms with Gasteiger partial charge in [-0.3, -0.25) is 0 Å². The second-order valence-electron chi connectivity index (χ2n) is 4.69. The number of halogens is 3. The summed E-state index contributed by atoms with van der Waals surface area (Å²) in [6, 6.07) is -0.887. The van der Waals surface area contributed by atoms with Crippen LogP contribution in [0, 0.1) is 0 Å². The summed E-state index contributed by atoms with van der Waals surface area (Å²) in [7, 11) is 0. The highest BCUT2D eigenvalue weighted by Gasteiger charge is 2.45. The predicted molar refractivity (Wildman–Crippen MR) is 56.2 cm³/mol. The van der Waals surface area contributed by atoms with Gasteiger partial charge in [0.25, 0.3) is 5.92 Å². The standard InChI is InChI=1S/C11H17F3N2/c1-2-16-4-3-10(11(13,14)7-16)15-9-5-8(12)6-9/h2,8-10,15H,1,3-7H2. The lowest BCUT2D eigenvalue weighted by Gasteiger charge is -2.42. The molecule has 1 unspecified atom stereocenters. The minimum atomic E-state index is -2.76. The fourth-order valence-electron chi connectivity index (χ4n) is 2.30. The second-order valence-corrected chi connectivity index (χ2v) is 4.69. The molecule has 1 atom stereocenters. The number of rotatable bonds is 3. The van der Waals surface area contributed by atoms with Crippen LogP contribution in [0.4, 0.5) is 13.2 Å². The number of nitrogens with zero attached hydrogens (tertiary/aromatic N) is 1. The normalized spacial score (nSPS) is 37.9. The fraction of sp³-hybridized carbons (Fsp3) is 0.818. The van der Waals surface area contributed by atoms with Crippen molar-refractivity contribution in [3.8, 4) is 0 Å². The largest absolute Gasteiger partial charge is 0.372 e. The Labute approximate surface area is 93.5 Å². The SMILES string of the molecule is C=CN1CCC(NC2CC(F)C2)C(F)(F)C1. The van der Waals surface area contributed by atoms with Gasteiger partial charge in [-0.2, -0.15) is 0 Å². The predicted octanol–water partition coefficient (Wildman–Crippen LogP) is 1.93. The summed E-state index contributed by atoms with van der Waals surface area (Å²) < 4.78 is 39.9. The molecule has 0 aromatic heterocycles. The van der Waals surface area contributed by atoms with Crippen molar-refractivity contribution in [2.24, 2.45) is 0 Å². The van der Waals surface area contributed by atoms with Crippen LogP contribution >= 0.6 is 0 Å². The number of likely N-dealkylation sites (tertiary alicyclic amines) is 1. The van der Waals surface area contributed by atoms with Crippen molar-refractivity contribution in [2.75, 3.05) is 13.1 Å². The Morgan fingerprint density at radius 1 is 1.38 bits per heavy atom. The fourth-order valence-corrected chi connectivity index (χ4v) is 2.30. The first-order chi connectivity index (χ1) is 7.51. The molecule has 1 heterocycles. The Bertz CT molecular complexity index is 264. The molecule has 2 fully saturated rings. The van der Waals surface area contributed by atoms with Crippen molar-refractivity contribution in [3.05, 3.63) is 12.8 Å². The third-order valence-corrected chi connectivity index (χ3v) is 3.40. The summed E-state index contributed by atoms with van der Waals surface area (Å²) in [4.78, 5) is 1.52. The van der Waals surface area contributed by atoms with Crippen molar-refractivity contribution in [2.45, 2.75) is 43.4 Å².